The summed E-state index contributed by atoms with van der Waals surface area (Å²) < 4.78 is 6.72. The second kappa shape index (κ2) is 6.83. The third-order valence-corrected chi connectivity index (χ3v) is 8.99. The van der Waals surface area contributed by atoms with Crippen LogP contribution in [0.2, 0.25) is 14.8 Å². The molecule has 1 aliphatic heterocycles. The van der Waals surface area contributed by atoms with Crippen LogP contribution in [-0.4, -0.2) is 53.0 Å². The molecule has 1 aromatic rings. The van der Waals surface area contributed by atoms with Crippen molar-refractivity contribution < 1.29 is 9.53 Å². The van der Waals surface area contributed by atoms with E-state index in [4.69, 9.17) is 4.74 Å². The number of amides is 1. The van der Waals surface area contributed by atoms with Crippen molar-refractivity contribution >= 4 is 33.8 Å². The van der Waals surface area contributed by atoms with Crippen molar-refractivity contribution in [1.82, 2.24) is 9.88 Å². The average Bonchev–Trinajstić information content (AvgIpc) is 2.45. The molecule has 5 heteroatoms. The van der Waals surface area contributed by atoms with E-state index in [0.29, 0.717) is 13.1 Å². The first kappa shape index (κ1) is 18.3. The molecule has 0 fully saturated rings. The third-order valence-electron chi connectivity index (χ3n) is 3.76. The molecule has 0 saturated carbocycles. The summed E-state index contributed by atoms with van der Waals surface area (Å²) in [7, 11) is 0. The van der Waals surface area contributed by atoms with Gasteiger partial charge in [0.2, 0.25) is 0 Å². The van der Waals surface area contributed by atoms with Gasteiger partial charge in [-0.25, -0.2) is 0 Å². The molecule has 1 aliphatic rings. The summed E-state index contributed by atoms with van der Waals surface area (Å²) in [4.78, 5) is 25.6. The molecule has 4 nitrogen and oxygen atoms in total. The van der Waals surface area contributed by atoms with Gasteiger partial charge >= 0.3 is 144 Å². The molecule has 0 spiro atoms. The molecule has 0 aromatic carbocycles. The van der Waals surface area contributed by atoms with E-state index in [2.05, 4.69) is 38.0 Å². The zero-order chi connectivity index (χ0) is 17.3. The van der Waals surface area contributed by atoms with Crippen molar-refractivity contribution in [1.29, 1.82) is 0 Å². The van der Waals surface area contributed by atoms with Crippen LogP contribution in [0.3, 0.4) is 0 Å². The Morgan fingerprint density at radius 2 is 1.96 bits per heavy atom. The Bertz CT molecular complexity index is 595. The predicted molar refractivity (Wildman–Crippen MR) is 97.6 cm³/mol. The molecule has 2 rings (SSSR count). The van der Waals surface area contributed by atoms with E-state index in [1.165, 1.54) is 14.8 Å². The Morgan fingerprint density at radius 1 is 1.26 bits per heavy atom. The monoisotopic (exact) mass is 424 g/mol. The van der Waals surface area contributed by atoms with Crippen LogP contribution in [0.5, 0.6) is 0 Å². The van der Waals surface area contributed by atoms with Crippen LogP contribution in [0.25, 0.3) is 5.57 Å². The maximum absolute atomic E-state index is 12.1. The molecule has 126 valence electrons. The Morgan fingerprint density at radius 3 is 2.39 bits per heavy atom. The molecule has 0 radical (unpaired) electrons. The van der Waals surface area contributed by atoms with Gasteiger partial charge in [0.1, 0.15) is 0 Å². The van der Waals surface area contributed by atoms with E-state index in [1.807, 2.05) is 27.0 Å². The minimum atomic E-state index is -2.08. The van der Waals surface area contributed by atoms with Gasteiger partial charge in [-0.3, -0.25) is 0 Å². The van der Waals surface area contributed by atoms with Gasteiger partial charge in [0.25, 0.3) is 0 Å². The van der Waals surface area contributed by atoms with Gasteiger partial charge in [-0.1, -0.05) is 0 Å². The van der Waals surface area contributed by atoms with Crippen LogP contribution in [0.1, 0.15) is 32.8 Å². The van der Waals surface area contributed by atoms with Gasteiger partial charge in [-0.2, -0.15) is 0 Å². The van der Waals surface area contributed by atoms with Gasteiger partial charge in [0.15, 0.2) is 0 Å². The third kappa shape index (κ3) is 5.23. The van der Waals surface area contributed by atoms with Crippen LogP contribution in [0.15, 0.2) is 24.4 Å². The summed E-state index contributed by atoms with van der Waals surface area (Å²) in [6.07, 6.45) is 4.72. The van der Waals surface area contributed by atoms with E-state index in [9.17, 15) is 4.79 Å². The molecule has 23 heavy (non-hydrogen) atoms. The molecule has 0 aliphatic carbocycles. The fourth-order valence-corrected chi connectivity index (χ4v) is 5.41. The van der Waals surface area contributed by atoms with Crippen molar-refractivity contribution in [2.45, 2.75) is 47.6 Å². The number of hydrogen-bond donors (Lipinski definition) is 0. The van der Waals surface area contributed by atoms with E-state index in [0.717, 1.165) is 6.42 Å². The summed E-state index contributed by atoms with van der Waals surface area (Å²) in [5, 5.41) is 0. The zero-order valence-corrected chi connectivity index (χ0v) is 18.0. The van der Waals surface area contributed by atoms with E-state index >= 15 is 0 Å². The van der Waals surface area contributed by atoms with Crippen LogP contribution < -0.4 is 3.71 Å². The fraction of sp³-hybridized carbons (Fsp3) is 0.556. The second-order valence-corrected chi connectivity index (χ2v) is 22.4. The number of hydrogen-bond acceptors (Lipinski definition) is 3. The topological polar surface area (TPSA) is 42.4 Å². The maximum atomic E-state index is 12.1. The number of ether oxygens (including phenoxy) is 1. The van der Waals surface area contributed by atoms with E-state index in [-0.39, 0.29) is 6.09 Å². The first-order chi connectivity index (χ1) is 10.6. The second-order valence-electron chi connectivity index (χ2n) is 8.09. The van der Waals surface area contributed by atoms with Crippen molar-refractivity contribution in [3.8, 4) is 0 Å². The quantitative estimate of drug-likeness (QED) is 0.683. The summed E-state index contributed by atoms with van der Waals surface area (Å²) >= 11 is -2.08. The Hall–Kier alpha value is -1.04. The summed E-state index contributed by atoms with van der Waals surface area (Å²) in [6.45, 7) is 6.97. The summed E-state index contributed by atoms with van der Waals surface area (Å²) in [5.41, 5.74) is 2.00. The fourth-order valence-electron chi connectivity index (χ4n) is 2.45. The van der Waals surface area contributed by atoms with Crippen molar-refractivity contribution in [2.24, 2.45) is 0 Å². The van der Waals surface area contributed by atoms with E-state index in [1.54, 1.807) is 4.90 Å². The Balaban J connectivity index is 2.03. The van der Waals surface area contributed by atoms with Gasteiger partial charge in [0.05, 0.1) is 0 Å². The number of rotatable bonds is 2. The van der Waals surface area contributed by atoms with Crippen LogP contribution in [0, 0.1) is 0 Å². The van der Waals surface area contributed by atoms with Gasteiger partial charge in [-0.15, -0.1) is 0 Å². The molecule has 1 aromatic heterocycles. The van der Waals surface area contributed by atoms with E-state index < -0.39 is 24.0 Å². The molecule has 0 saturated heterocycles. The molecule has 0 atom stereocenters. The number of nitrogens with zero attached hydrogens (tertiary/aromatic N) is 2. The standard InChI is InChI=1S/C15H19N2O2.3CH3.Sn/c1-15(2,3)19-14(18)17-9-6-12(7-10-17)13-5-4-8-16-11-13;;;;/h4-6,11H,7,9-10H2,1-3H3;3*1H3;. The SMILES string of the molecule is CC(C)(C)OC(=O)N1CC=C(c2cc[c]([Sn]([CH3])([CH3])[CH3])nc2)CC1. The number of carbonyl (C=O) groups excluding carboxylic acids is 1. The Labute approximate surface area is 143 Å². The van der Waals surface area contributed by atoms with Crippen LogP contribution in [-0.2, 0) is 4.74 Å². The molecule has 0 unspecified atom stereocenters. The van der Waals surface area contributed by atoms with Crippen molar-refractivity contribution in [3.05, 3.63) is 30.0 Å². The Kier molecular flexibility index (Phi) is 5.44. The molecular formula is C18H28N2O2Sn. The summed E-state index contributed by atoms with van der Waals surface area (Å²) in [6, 6.07) is 4.37. The number of carbonyl (C=O) groups is 1. The number of aromatic nitrogens is 1. The molecule has 2 heterocycles. The number of pyridine rings is 1. The van der Waals surface area contributed by atoms with Crippen LogP contribution >= 0.6 is 0 Å². The van der Waals surface area contributed by atoms with Crippen molar-refractivity contribution in [3.63, 3.8) is 0 Å². The van der Waals surface area contributed by atoms with Gasteiger partial charge < -0.3 is 0 Å². The first-order valence-corrected chi connectivity index (χ1v) is 18.2. The first-order valence-electron chi connectivity index (χ1n) is 8.20. The molecule has 1 amide bonds. The molecule has 0 bridgehead atoms. The molecular weight excluding hydrogens is 395 g/mol. The van der Waals surface area contributed by atoms with Gasteiger partial charge in [0, 0.05) is 0 Å². The summed E-state index contributed by atoms with van der Waals surface area (Å²) in [5.74, 6) is 0. The normalized spacial score (nSPS) is 16.1. The van der Waals surface area contributed by atoms with Crippen LogP contribution in [0.4, 0.5) is 4.79 Å². The minimum absolute atomic E-state index is 0.233. The average molecular weight is 423 g/mol. The van der Waals surface area contributed by atoms with Crippen molar-refractivity contribution in [2.75, 3.05) is 13.1 Å². The zero-order valence-electron chi connectivity index (χ0n) is 15.1. The predicted octanol–water partition coefficient (Wildman–Crippen LogP) is 3.65. The van der Waals surface area contributed by atoms with Gasteiger partial charge in [-0.05, 0) is 0 Å². The molecule has 0 N–H and O–H groups in total.